The van der Waals surface area contributed by atoms with Crippen LogP contribution in [0.4, 0.5) is 0 Å². The minimum absolute atomic E-state index is 0.145. The predicted molar refractivity (Wildman–Crippen MR) is 79.3 cm³/mol. The molecule has 0 spiro atoms. The average Bonchev–Trinajstić information content (AvgIpc) is 2.85. The van der Waals surface area contributed by atoms with Gasteiger partial charge in [-0.15, -0.1) is 11.3 Å². The fourth-order valence-electron chi connectivity index (χ4n) is 1.84. The third-order valence-corrected chi connectivity index (χ3v) is 3.97. The highest BCUT2D eigenvalue weighted by Gasteiger charge is 2.09. The molecule has 102 valence electrons. The van der Waals surface area contributed by atoms with Crippen molar-refractivity contribution in [1.29, 1.82) is 0 Å². The van der Waals surface area contributed by atoms with Crippen LogP contribution in [0, 0.1) is 0 Å². The van der Waals surface area contributed by atoms with E-state index in [0.717, 1.165) is 11.1 Å². The first-order chi connectivity index (χ1) is 9.08. The smallest absolute Gasteiger partial charge is 0.223 e. The van der Waals surface area contributed by atoms with Gasteiger partial charge in [0.1, 0.15) is 0 Å². The highest BCUT2D eigenvalue weighted by atomic mass is 32.1. The first-order valence-electron chi connectivity index (χ1n) is 6.34. The first-order valence-corrected chi connectivity index (χ1v) is 7.22. The van der Waals surface area contributed by atoms with E-state index in [4.69, 9.17) is 0 Å². The molecule has 0 bridgehead atoms. The van der Waals surface area contributed by atoms with Crippen LogP contribution >= 0.6 is 11.3 Å². The van der Waals surface area contributed by atoms with Crippen molar-refractivity contribution in [2.24, 2.45) is 0 Å². The topological polar surface area (TPSA) is 45.2 Å². The fraction of sp³-hybridized carbons (Fsp3) is 0.429. The highest BCUT2D eigenvalue weighted by molar-refractivity contribution is 7.17. The Kier molecular flexibility index (Phi) is 4.50. The van der Waals surface area contributed by atoms with Crippen LogP contribution in [0.5, 0.6) is 0 Å². The molecule has 0 aliphatic carbocycles. The van der Waals surface area contributed by atoms with Crippen LogP contribution in [0.1, 0.15) is 24.9 Å². The molecular formula is C14H19N3OS. The van der Waals surface area contributed by atoms with Gasteiger partial charge in [-0.05, 0) is 30.0 Å². The Morgan fingerprint density at radius 2 is 2.32 bits per heavy atom. The standard InChI is InChI=1S/C14H19N3OS/c1-10(15-6-4-14(18)17(2)3)11-8-13-12(16-9-11)5-7-19-13/h5,7-10,15H,4,6H2,1-3H3. The van der Waals surface area contributed by atoms with Gasteiger partial charge in [-0.3, -0.25) is 9.78 Å². The van der Waals surface area contributed by atoms with Gasteiger partial charge in [0.15, 0.2) is 0 Å². The van der Waals surface area contributed by atoms with Crippen LogP contribution in [-0.2, 0) is 4.79 Å². The van der Waals surface area contributed by atoms with Crippen LogP contribution in [-0.4, -0.2) is 36.4 Å². The second-order valence-electron chi connectivity index (χ2n) is 4.79. The van der Waals surface area contributed by atoms with Crippen molar-refractivity contribution < 1.29 is 4.79 Å². The molecule has 19 heavy (non-hydrogen) atoms. The number of thiophene rings is 1. The number of carbonyl (C=O) groups is 1. The summed E-state index contributed by atoms with van der Waals surface area (Å²) in [5.41, 5.74) is 2.20. The third-order valence-electron chi connectivity index (χ3n) is 3.11. The molecule has 0 radical (unpaired) electrons. The predicted octanol–water partition coefficient (Wildman–Crippen LogP) is 2.43. The molecule has 2 heterocycles. The summed E-state index contributed by atoms with van der Waals surface area (Å²) in [6.07, 6.45) is 2.42. The number of nitrogens with zero attached hydrogens (tertiary/aromatic N) is 2. The number of amides is 1. The van der Waals surface area contributed by atoms with Crippen LogP contribution in [0.2, 0.25) is 0 Å². The molecule has 2 aromatic heterocycles. The molecule has 5 heteroatoms. The molecule has 1 atom stereocenters. The minimum Gasteiger partial charge on any atom is -0.349 e. The summed E-state index contributed by atoms with van der Waals surface area (Å²) in [7, 11) is 3.56. The van der Waals surface area contributed by atoms with E-state index in [1.807, 2.05) is 12.3 Å². The molecule has 4 nitrogen and oxygen atoms in total. The number of hydrogen-bond acceptors (Lipinski definition) is 4. The number of pyridine rings is 1. The average molecular weight is 277 g/mol. The van der Waals surface area contributed by atoms with E-state index < -0.39 is 0 Å². The zero-order valence-corrected chi connectivity index (χ0v) is 12.3. The molecular weight excluding hydrogens is 258 g/mol. The zero-order chi connectivity index (χ0) is 13.8. The largest absolute Gasteiger partial charge is 0.349 e. The van der Waals surface area contributed by atoms with E-state index in [9.17, 15) is 4.79 Å². The summed E-state index contributed by atoms with van der Waals surface area (Å²) in [5, 5.41) is 5.41. The van der Waals surface area contributed by atoms with E-state index in [1.54, 1.807) is 30.3 Å². The Hall–Kier alpha value is -1.46. The van der Waals surface area contributed by atoms with Gasteiger partial charge in [-0.25, -0.2) is 0 Å². The van der Waals surface area contributed by atoms with Crippen LogP contribution < -0.4 is 5.32 Å². The van der Waals surface area contributed by atoms with E-state index in [1.165, 1.54) is 4.70 Å². The van der Waals surface area contributed by atoms with Crippen LogP contribution in [0.15, 0.2) is 23.7 Å². The van der Waals surface area contributed by atoms with Crippen molar-refractivity contribution in [3.05, 3.63) is 29.3 Å². The van der Waals surface area contributed by atoms with Gasteiger partial charge in [-0.1, -0.05) is 0 Å². The number of hydrogen-bond donors (Lipinski definition) is 1. The minimum atomic E-state index is 0.145. The molecule has 1 unspecified atom stereocenters. The van der Waals surface area contributed by atoms with Gasteiger partial charge in [-0.2, -0.15) is 0 Å². The summed E-state index contributed by atoms with van der Waals surface area (Å²) in [6.45, 7) is 2.78. The Bertz CT molecular complexity index is 565. The molecule has 2 aromatic rings. The molecule has 0 aromatic carbocycles. The van der Waals surface area contributed by atoms with Gasteiger partial charge in [0.05, 0.1) is 10.2 Å². The summed E-state index contributed by atoms with van der Waals surface area (Å²) < 4.78 is 1.20. The normalized spacial score (nSPS) is 12.6. The van der Waals surface area contributed by atoms with Crippen molar-refractivity contribution in [1.82, 2.24) is 15.2 Å². The second-order valence-corrected chi connectivity index (χ2v) is 5.73. The Labute approximate surface area is 117 Å². The summed E-state index contributed by atoms with van der Waals surface area (Å²) in [4.78, 5) is 17.5. The molecule has 1 amide bonds. The highest BCUT2D eigenvalue weighted by Crippen LogP contribution is 2.22. The van der Waals surface area contributed by atoms with Gasteiger partial charge in [0.2, 0.25) is 5.91 Å². The first kappa shape index (κ1) is 14.0. The van der Waals surface area contributed by atoms with Crippen molar-refractivity contribution in [2.45, 2.75) is 19.4 Å². The molecule has 0 aliphatic heterocycles. The second kappa shape index (κ2) is 6.12. The molecule has 0 fully saturated rings. The van der Waals surface area contributed by atoms with Crippen molar-refractivity contribution in [3.8, 4) is 0 Å². The lowest BCUT2D eigenvalue weighted by Crippen LogP contribution is -2.28. The summed E-state index contributed by atoms with van der Waals surface area (Å²) in [5.74, 6) is 0.145. The maximum absolute atomic E-state index is 11.5. The van der Waals surface area contributed by atoms with Crippen LogP contribution in [0.3, 0.4) is 0 Å². The number of nitrogens with one attached hydrogen (secondary N) is 1. The molecule has 2 rings (SSSR count). The summed E-state index contributed by atoms with van der Waals surface area (Å²) in [6, 6.07) is 4.39. The number of rotatable bonds is 5. The monoisotopic (exact) mass is 277 g/mol. The lowest BCUT2D eigenvalue weighted by atomic mass is 10.1. The number of carbonyl (C=O) groups excluding carboxylic acids is 1. The number of fused-ring (bicyclic) bond motifs is 1. The van der Waals surface area contributed by atoms with E-state index in [2.05, 4.69) is 28.7 Å². The maximum atomic E-state index is 11.5. The Morgan fingerprint density at radius 1 is 1.53 bits per heavy atom. The molecule has 0 aliphatic rings. The quantitative estimate of drug-likeness (QED) is 0.913. The number of aromatic nitrogens is 1. The van der Waals surface area contributed by atoms with Crippen molar-refractivity contribution >= 4 is 27.5 Å². The maximum Gasteiger partial charge on any atom is 0.223 e. The summed E-state index contributed by atoms with van der Waals surface area (Å²) >= 11 is 1.70. The Balaban J connectivity index is 1.92. The van der Waals surface area contributed by atoms with E-state index in [-0.39, 0.29) is 11.9 Å². The third kappa shape index (κ3) is 3.52. The van der Waals surface area contributed by atoms with Crippen LogP contribution in [0.25, 0.3) is 10.2 Å². The molecule has 0 saturated heterocycles. The molecule has 0 saturated carbocycles. The lowest BCUT2D eigenvalue weighted by Gasteiger charge is -2.15. The lowest BCUT2D eigenvalue weighted by molar-refractivity contribution is -0.128. The van der Waals surface area contributed by atoms with Gasteiger partial charge >= 0.3 is 0 Å². The Morgan fingerprint density at radius 3 is 3.05 bits per heavy atom. The fourth-order valence-corrected chi connectivity index (χ4v) is 2.62. The SMILES string of the molecule is CC(NCCC(=O)N(C)C)c1cnc2ccsc2c1. The molecule has 1 N–H and O–H groups in total. The van der Waals surface area contributed by atoms with Crippen molar-refractivity contribution in [2.75, 3.05) is 20.6 Å². The van der Waals surface area contributed by atoms with Crippen molar-refractivity contribution in [3.63, 3.8) is 0 Å². The van der Waals surface area contributed by atoms with Gasteiger partial charge in [0.25, 0.3) is 0 Å². The van der Waals surface area contributed by atoms with E-state index >= 15 is 0 Å². The van der Waals surface area contributed by atoms with Gasteiger partial charge < -0.3 is 10.2 Å². The van der Waals surface area contributed by atoms with Gasteiger partial charge in [0, 0.05) is 39.3 Å². The zero-order valence-electron chi connectivity index (χ0n) is 11.5. The van der Waals surface area contributed by atoms with E-state index in [0.29, 0.717) is 13.0 Å².